The van der Waals surface area contributed by atoms with Gasteiger partial charge in [-0.1, -0.05) is 22.0 Å². The summed E-state index contributed by atoms with van der Waals surface area (Å²) in [6, 6.07) is 5.59. The standard InChI is InChI=1S/C14H15BrN2O3/c1-7-2-3-8(15)4-9(7)11-6-17(14(20)16-11)12-5-10(12)13(18)19/h2-4,10-12H,5-6H2,1H3,(H,16,20)(H,18,19). The van der Waals surface area contributed by atoms with Crippen LogP contribution in [0, 0.1) is 12.8 Å². The van der Waals surface area contributed by atoms with E-state index >= 15 is 0 Å². The number of halogens is 1. The van der Waals surface area contributed by atoms with E-state index in [0.29, 0.717) is 13.0 Å². The zero-order valence-electron chi connectivity index (χ0n) is 11.0. The smallest absolute Gasteiger partial charge is 0.318 e. The van der Waals surface area contributed by atoms with Gasteiger partial charge in [-0.25, -0.2) is 4.79 Å². The number of aliphatic carboxylic acids is 1. The molecule has 0 bridgehead atoms. The number of hydrogen-bond donors (Lipinski definition) is 2. The second-order valence-electron chi connectivity index (χ2n) is 5.40. The molecule has 20 heavy (non-hydrogen) atoms. The quantitative estimate of drug-likeness (QED) is 0.888. The summed E-state index contributed by atoms with van der Waals surface area (Å²) < 4.78 is 0.973. The van der Waals surface area contributed by atoms with Crippen molar-refractivity contribution in [3.8, 4) is 0 Å². The predicted octanol–water partition coefficient (Wildman–Crippen LogP) is 2.30. The lowest BCUT2D eigenvalue weighted by molar-refractivity contribution is -0.138. The van der Waals surface area contributed by atoms with Crippen molar-refractivity contribution in [3.63, 3.8) is 0 Å². The van der Waals surface area contributed by atoms with Crippen LogP contribution < -0.4 is 5.32 Å². The van der Waals surface area contributed by atoms with Crippen molar-refractivity contribution in [2.75, 3.05) is 6.54 Å². The third-order valence-corrected chi connectivity index (χ3v) is 4.52. The van der Waals surface area contributed by atoms with Gasteiger partial charge in [-0.2, -0.15) is 0 Å². The first-order chi connectivity index (χ1) is 9.47. The minimum absolute atomic E-state index is 0.0740. The zero-order valence-corrected chi connectivity index (χ0v) is 12.6. The lowest BCUT2D eigenvalue weighted by atomic mass is 10.0. The van der Waals surface area contributed by atoms with Crippen molar-refractivity contribution < 1.29 is 14.7 Å². The van der Waals surface area contributed by atoms with Gasteiger partial charge in [0.25, 0.3) is 0 Å². The first kappa shape index (κ1) is 13.4. The summed E-state index contributed by atoms with van der Waals surface area (Å²) in [6.45, 7) is 2.54. The molecule has 3 atom stereocenters. The van der Waals surface area contributed by atoms with Gasteiger partial charge in [-0.05, 0) is 36.6 Å². The third-order valence-electron chi connectivity index (χ3n) is 4.03. The van der Waals surface area contributed by atoms with Crippen LogP contribution in [0.1, 0.15) is 23.6 Å². The monoisotopic (exact) mass is 338 g/mol. The lowest BCUT2D eigenvalue weighted by Crippen LogP contribution is -2.32. The molecule has 3 unspecified atom stereocenters. The third kappa shape index (κ3) is 2.28. The number of carbonyl (C=O) groups is 2. The van der Waals surface area contributed by atoms with Crippen LogP contribution in [0.25, 0.3) is 0 Å². The summed E-state index contributed by atoms with van der Waals surface area (Å²) in [5.41, 5.74) is 2.19. The maximum absolute atomic E-state index is 12.0. The fraction of sp³-hybridized carbons (Fsp3) is 0.429. The van der Waals surface area contributed by atoms with E-state index in [1.54, 1.807) is 4.90 Å². The van der Waals surface area contributed by atoms with Gasteiger partial charge >= 0.3 is 12.0 Å². The Balaban J connectivity index is 1.77. The molecule has 1 aromatic rings. The van der Waals surface area contributed by atoms with Crippen LogP contribution in [0.15, 0.2) is 22.7 Å². The normalized spacial score (nSPS) is 28.4. The predicted molar refractivity (Wildman–Crippen MR) is 76.4 cm³/mol. The Hall–Kier alpha value is -1.56. The molecule has 2 aliphatic rings. The molecule has 1 saturated carbocycles. The van der Waals surface area contributed by atoms with Crippen LogP contribution in [0.5, 0.6) is 0 Å². The molecule has 2 N–H and O–H groups in total. The van der Waals surface area contributed by atoms with Crippen LogP contribution in [0.3, 0.4) is 0 Å². The number of rotatable bonds is 3. The molecule has 1 aliphatic heterocycles. The van der Waals surface area contributed by atoms with E-state index < -0.39 is 11.9 Å². The van der Waals surface area contributed by atoms with Crippen LogP contribution >= 0.6 is 15.9 Å². The summed E-state index contributed by atoms with van der Waals surface area (Å²) >= 11 is 3.44. The van der Waals surface area contributed by atoms with Gasteiger partial charge < -0.3 is 15.3 Å². The van der Waals surface area contributed by atoms with Gasteiger partial charge in [0.05, 0.1) is 12.0 Å². The zero-order chi connectivity index (χ0) is 14.4. The SMILES string of the molecule is Cc1ccc(Br)cc1C1CN(C2CC2C(=O)O)C(=O)N1. The van der Waals surface area contributed by atoms with Gasteiger partial charge in [0.1, 0.15) is 0 Å². The van der Waals surface area contributed by atoms with Gasteiger partial charge in [-0.15, -0.1) is 0 Å². The average molecular weight is 339 g/mol. The van der Waals surface area contributed by atoms with E-state index in [9.17, 15) is 9.59 Å². The first-order valence-electron chi connectivity index (χ1n) is 6.53. The van der Waals surface area contributed by atoms with Crippen molar-refractivity contribution in [2.24, 2.45) is 5.92 Å². The van der Waals surface area contributed by atoms with E-state index in [0.717, 1.165) is 15.6 Å². The fourth-order valence-corrected chi connectivity index (χ4v) is 3.18. The van der Waals surface area contributed by atoms with Crippen LogP contribution in [0.4, 0.5) is 4.79 Å². The molecule has 0 aromatic heterocycles. The maximum Gasteiger partial charge on any atom is 0.318 e. The molecular weight excluding hydrogens is 324 g/mol. The number of carboxylic acids is 1. The molecule has 5 nitrogen and oxygen atoms in total. The number of hydrogen-bond acceptors (Lipinski definition) is 2. The molecule has 1 saturated heterocycles. The fourth-order valence-electron chi connectivity index (χ4n) is 2.80. The minimum Gasteiger partial charge on any atom is -0.481 e. The number of urea groups is 1. The van der Waals surface area contributed by atoms with Gasteiger partial charge in [0, 0.05) is 17.1 Å². The highest BCUT2D eigenvalue weighted by molar-refractivity contribution is 9.10. The van der Waals surface area contributed by atoms with Crippen LogP contribution in [0.2, 0.25) is 0 Å². The van der Waals surface area contributed by atoms with Gasteiger partial charge in [0.15, 0.2) is 0 Å². The Labute approximate surface area is 125 Å². The van der Waals surface area contributed by atoms with Crippen LogP contribution in [-0.4, -0.2) is 34.6 Å². The number of nitrogens with one attached hydrogen (secondary N) is 1. The molecule has 2 amide bonds. The molecule has 0 spiro atoms. The number of aryl methyl sites for hydroxylation is 1. The van der Waals surface area contributed by atoms with Crippen molar-refractivity contribution in [1.82, 2.24) is 10.2 Å². The summed E-state index contributed by atoms with van der Waals surface area (Å²) in [5.74, 6) is -1.21. The highest BCUT2D eigenvalue weighted by atomic mass is 79.9. The molecule has 0 radical (unpaired) electrons. The van der Waals surface area contributed by atoms with Gasteiger partial charge in [0.2, 0.25) is 0 Å². The van der Waals surface area contributed by atoms with Crippen molar-refractivity contribution >= 4 is 27.9 Å². The molecule has 2 fully saturated rings. The molecule has 6 heteroatoms. The summed E-state index contributed by atoms with van der Waals surface area (Å²) in [7, 11) is 0. The number of benzene rings is 1. The largest absolute Gasteiger partial charge is 0.481 e. The van der Waals surface area contributed by atoms with E-state index in [-0.39, 0.29) is 18.1 Å². The summed E-state index contributed by atoms with van der Waals surface area (Å²) in [4.78, 5) is 24.6. The van der Waals surface area contributed by atoms with E-state index in [2.05, 4.69) is 21.2 Å². The average Bonchev–Trinajstić information content (AvgIpc) is 3.10. The topological polar surface area (TPSA) is 69.6 Å². The minimum atomic E-state index is -0.815. The molecule has 3 rings (SSSR count). The number of amides is 2. The molecule has 106 valence electrons. The van der Waals surface area contributed by atoms with Crippen molar-refractivity contribution in [2.45, 2.75) is 25.4 Å². The van der Waals surface area contributed by atoms with E-state index in [1.165, 1.54) is 0 Å². The van der Waals surface area contributed by atoms with Crippen molar-refractivity contribution in [1.29, 1.82) is 0 Å². The number of nitrogens with zero attached hydrogens (tertiary/aromatic N) is 1. The van der Waals surface area contributed by atoms with E-state index in [1.807, 2.05) is 25.1 Å². The Bertz CT molecular complexity index is 590. The molecule has 1 heterocycles. The number of carbonyl (C=O) groups excluding carboxylic acids is 1. The Morgan fingerprint density at radius 2 is 2.25 bits per heavy atom. The lowest BCUT2D eigenvalue weighted by Gasteiger charge is -2.15. The summed E-state index contributed by atoms with van der Waals surface area (Å²) in [5, 5.41) is 11.9. The van der Waals surface area contributed by atoms with Gasteiger partial charge in [-0.3, -0.25) is 4.79 Å². The second-order valence-corrected chi connectivity index (χ2v) is 6.32. The highest BCUT2D eigenvalue weighted by Crippen LogP contribution is 2.39. The number of carboxylic acid groups (broad SMARTS) is 1. The molecule has 1 aromatic carbocycles. The van der Waals surface area contributed by atoms with Crippen LogP contribution in [-0.2, 0) is 4.79 Å². The van der Waals surface area contributed by atoms with E-state index in [4.69, 9.17) is 5.11 Å². The Morgan fingerprint density at radius 1 is 1.50 bits per heavy atom. The highest BCUT2D eigenvalue weighted by Gasteiger charge is 2.51. The summed E-state index contributed by atoms with van der Waals surface area (Å²) in [6.07, 6.45) is 0.562. The Morgan fingerprint density at radius 3 is 2.90 bits per heavy atom. The first-order valence-corrected chi connectivity index (χ1v) is 7.32. The molecular formula is C14H15BrN2O3. The maximum atomic E-state index is 12.0. The molecule has 1 aliphatic carbocycles. The van der Waals surface area contributed by atoms with Crippen molar-refractivity contribution in [3.05, 3.63) is 33.8 Å². The second kappa shape index (κ2) is 4.77. The Kier molecular flexibility index (Phi) is 3.20.